The second-order valence-electron chi connectivity index (χ2n) is 7.65. The van der Waals surface area contributed by atoms with Gasteiger partial charge in [-0.3, -0.25) is 14.5 Å². The number of halogens is 4. The van der Waals surface area contributed by atoms with E-state index in [9.17, 15) is 22.8 Å². The van der Waals surface area contributed by atoms with E-state index in [1.807, 2.05) is 11.9 Å². The van der Waals surface area contributed by atoms with Crippen LogP contribution < -0.4 is 9.80 Å². The Balaban J connectivity index is 2.61. The first kappa shape index (κ1) is 23.4. The molecule has 1 aliphatic heterocycles. The van der Waals surface area contributed by atoms with Crippen LogP contribution in [0.5, 0.6) is 0 Å². The van der Waals surface area contributed by atoms with E-state index in [0.717, 1.165) is 13.1 Å². The number of rotatable bonds is 6. The first-order valence-electron chi connectivity index (χ1n) is 9.06. The molecule has 1 heterocycles. The Morgan fingerprint density at radius 1 is 1.17 bits per heavy atom. The van der Waals surface area contributed by atoms with Gasteiger partial charge in [0.25, 0.3) is 5.24 Å². The number of likely N-dealkylation sites (N-methyl/N-ethyl adjacent to an activating group) is 1. The molecule has 0 aliphatic carbocycles. The molecule has 0 saturated carbocycles. The van der Waals surface area contributed by atoms with Crippen LogP contribution in [0.4, 0.5) is 24.5 Å². The van der Waals surface area contributed by atoms with Crippen LogP contribution in [0.2, 0.25) is 0 Å². The van der Waals surface area contributed by atoms with Crippen molar-refractivity contribution in [1.82, 2.24) is 4.90 Å². The number of anilines is 2. The molecule has 0 atom stereocenters. The van der Waals surface area contributed by atoms with Crippen LogP contribution in [0.15, 0.2) is 18.2 Å². The number of nitrogens with zero attached hydrogens (tertiary/aromatic N) is 3. The quantitative estimate of drug-likeness (QED) is 0.642. The van der Waals surface area contributed by atoms with Crippen molar-refractivity contribution in [3.63, 3.8) is 0 Å². The van der Waals surface area contributed by atoms with Gasteiger partial charge >= 0.3 is 12.1 Å². The van der Waals surface area contributed by atoms with Gasteiger partial charge in [0.05, 0.1) is 23.4 Å². The standard InChI is InChI=1S/C19H25ClF3N3O3/c1-18(2,12-29-4)26(17(28)19(21,22)23)15-11-13(5-6-14(15)16(20)27)25-9-7-24(3)8-10-25/h5-6,11H,7-10,12H2,1-4H3. The van der Waals surface area contributed by atoms with Gasteiger partial charge in [-0.2, -0.15) is 13.2 Å². The first-order valence-corrected chi connectivity index (χ1v) is 9.44. The molecule has 1 aromatic rings. The summed E-state index contributed by atoms with van der Waals surface area (Å²) in [5.41, 5.74) is -1.14. The Bertz CT molecular complexity index is 763. The van der Waals surface area contributed by atoms with Crippen molar-refractivity contribution in [2.24, 2.45) is 0 Å². The van der Waals surface area contributed by atoms with E-state index in [0.29, 0.717) is 23.7 Å². The number of ether oxygens (including phenoxy) is 1. The normalized spacial score (nSPS) is 16.1. The van der Waals surface area contributed by atoms with Crippen LogP contribution in [-0.2, 0) is 9.53 Å². The van der Waals surface area contributed by atoms with Crippen molar-refractivity contribution in [2.75, 3.05) is 56.7 Å². The molecule has 0 unspecified atom stereocenters. The lowest BCUT2D eigenvalue weighted by molar-refractivity contribution is -0.172. The zero-order chi connectivity index (χ0) is 22.0. The van der Waals surface area contributed by atoms with Crippen LogP contribution in [-0.4, -0.2) is 74.7 Å². The van der Waals surface area contributed by atoms with Gasteiger partial charge in [-0.1, -0.05) is 0 Å². The Morgan fingerprint density at radius 3 is 2.24 bits per heavy atom. The van der Waals surface area contributed by atoms with Gasteiger partial charge in [-0.05, 0) is 50.7 Å². The smallest absolute Gasteiger partial charge is 0.382 e. The Kier molecular flexibility index (Phi) is 7.19. The largest absolute Gasteiger partial charge is 0.471 e. The maximum absolute atomic E-state index is 13.4. The second kappa shape index (κ2) is 8.89. The van der Waals surface area contributed by atoms with E-state index in [-0.39, 0.29) is 17.9 Å². The molecule has 0 aromatic heterocycles. The van der Waals surface area contributed by atoms with Gasteiger partial charge in [0.15, 0.2) is 0 Å². The molecule has 2 rings (SSSR count). The van der Waals surface area contributed by atoms with Crippen LogP contribution >= 0.6 is 11.6 Å². The summed E-state index contributed by atoms with van der Waals surface area (Å²) in [6.07, 6.45) is -5.14. The molecule has 29 heavy (non-hydrogen) atoms. The first-order chi connectivity index (χ1) is 13.4. The Hall–Kier alpha value is -1.84. The Morgan fingerprint density at radius 2 is 1.76 bits per heavy atom. The molecular weight excluding hydrogens is 411 g/mol. The van der Waals surface area contributed by atoms with Crippen molar-refractivity contribution >= 4 is 34.1 Å². The van der Waals surface area contributed by atoms with Gasteiger partial charge in [-0.15, -0.1) is 0 Å². The summed E-state index contributed by atoms with van der Waals surface area (Å²) >= 11 is 5.65. The van der Waals surface area contributed by atoms with Gasteiger partial charge in [0, 0.05) is 39.0 Å². The molecule has 1 aliphatic rings. The van der Waals surface area contributed by atoms with Crippen LogP contribution in [0.25, 0.3) is 0 Å². The van der Waals surface area contributed by atoms with Crippen molar-refractivity contribution in [2.45, 2.75) is 25.6 Å². The van der Waals surface area contributed by atoms with E-state index in [1.54, 1.807) is 6.07 Å². The van der Waals surface area contributed by atoms with Gasteiger partial charge in [0.1, 0.15) is 0 Å². The molecule has 6 nitrogen and oxygen atoms in total. The highest BCUT2D eigenvalue weighted by atomic mass is 35.5. The maximum atomic E-state index is 13.4. The molecule has 0 radical (unpaired) electrons. The van der Waals surface area contributed by atoms with Gasteiger partial charge in [0.2, 0.25) is 0 Å². The summed E-state index contributed by atoms with van der Waals surface area (Å²) in [5.74, 6) is -2.09. The summed E-state index contributed by atoms with van der Waals surface area (Å²) in [6.45, 7) is 5.59. The molecule has 1 saturated heterocycles. The SMILES string of the molecule is COCC(C)(C)N(C(=O)C(F)(F)F)c1cc(N2CCN(C)CC2)ccc1C(=O)Cl. The van der Waals surface area contributed by atoms with Gasteiger partial charge in [-0.25, -0.2) is 0 Å². The summed E-state index contributed by atoms with van der Waals surface area (Å²) < 4.78 is 45.3. The number of hydrogen-bond acceptors (Lipinski definition) is 5. The predicted molar refractivity (Wildman–Crippen MR) is 106 cm³/mol. The fraction of sp³-hybridized carbons (Fsp3) is 0.579. The number of benzene rings is 1. The molecule has 0 spiro atoms. The third-order valence-corrected chi connectivity index (χ3v) is 5.05. The molecule has 1 fully saturated rings. The molecule has 0 N–H and O–H groups in total. The van der Waals surface area contributed by atoms with E-state index >= 15 is 0 Å². The van der Waals surface area contributed by atoms with Crippen molar-refractivity contribution in [3.8, 4) is 0 Å². The van der Waals surface area contributed by atoms with Crippen LogP contribution in [0.1, 0.15) is 24.2 Å². The number of methoxy groups -OCH3 is 1. The highest BCUT2D eigenvalue weighted by molar-refractivity contribution is 6.68. The van der Waals surface area contributed by atoms with Crippen molar-refractivity contribution in [3.05, 3.63) is 23.8 Å². The summed E-state index contributed by atoms with van der Waals surface area (Å²) in [7, 11) is 3.31. The topological polar surface area (TPSA) is 53.1 Å². The zero-order valence-electron chi connectivity index (χ0n) is 16.8. The number of piperazine rings is 1. The average Bonchev–Trinajstić information content (AvgIpc) is 2.61. The number of amides is 1. The number of alkyl halides is 3. The monoisotopic (exact) mass is 435 g/mol. The summed E-state index contributed by atoms with van der Waals surface area (Å²) in [4.78, 5) is 29.0. The molecule has 1 aromatic carbocycles. The van der Waals surface area contributed by atoms with E-state index in [1.165, 1.54) is 33.1 Å². The third kappa shape index (κ3) is 5.40. The van der Waals surface area contributed by atoms with Crippen molar-refractivity contribution in [1.29, 1.82) is 0 Å². The minimum Gasteiger partial charge on any atom is -0.382 e. The lowest BCUT2D eigenvalue weighted by atomic mass is 10.00. The zero-order valence-corrected chi connectivity index (χ0v) is 17.6. The Labute approximate surface area is 173 Å². The number of carbonyl (C=O) groups excluding carboxylic acids is 2. The minimum absolute atomic E-state index is 0.175. The number of carbonyl (C=O) groups is 2. The lowest BCUT2D eigenvalue weighted by Crippen LogP contribution is -2.55. The minimum atomic E-state index is -5.14. The summed E-state index contributed by atoms with van der Waals surface area (Å²) in [6, 6.07) is 4.41. The van der Waals surface area contributed by atoms with Crippen LogP contribution in [0.3, 0.4) is 0 Å². The highest BCUT2D eigenvalue weighted by Crippen LogP contribution is 2.36. The van der Waals surface area contributed by atoms with Gasteiger partial charge < -0.3 is 14.5 Å². The lowest BCUT2D eigenvalue weighted by Gasteiger charge is -2.40. The van der Waals surface area contributed by atoms with Crippen LogP contribution in [0, 0.1) is 0 Å². The molecule has 10 heteroatoms. The predicted octanol–water partition coefficient (Wildman–Crippen LogP) is 3.14. The molecule has 162 valence electrons. The molecular formula is C19H25ClF3N3O3. The third-order valence-electron chi connectivity index (χ3n) is 4.85. The molecule has 0 bridgehead atoms. The maximum Gasteiger partial charge on any atom is 0.471 e. The van der Waals surface area contributed by atoms with E-state index in [2.05, 4.69) is 4.90 Å². The fourth-order valence-electron chi connectivity index (χ4n) is 3.39. The number of hydrogen-bond donors (Lipinski definition) is 0. The molecule has 1 amide bonds. The fourth-order valence-corrected chi connectivity index (χ4v) is 3.55. The van der Waals surface area contributed by atoms with E-state index in [4.69, 9.17) is 16.3 Å². The second-order valence-corrected chi connectivity index (χ2v) is 7.99. The van der Waals surface area contributed by atoms with Crippen molar-refractivity contribution < 1.29 is 27.5 Å². The van der Waals surface area contributed by atoms with E-state index < -0.39 is 22.9 Å². The average molecular weight is 436 g/mol. The summed E-state index contributed by atoms with van der Waals surface area (Å²) in [5, 5.41) is -0.946. The highest BCUT2D eigenvalue weighted by Gasteiger charge is 2.48.